The van der Waals surface area contributed by atoms with Gasteiger partial charge >= 0.3 is 0 Å². The summed E-state index contributed by atoms with van der Waals surface area (Å²) in [5, 5.41) is 5.09. The normalized spacial score (nSPS) is 23.8. The van der Waals surface area contributed by atoms with Gasteiger partial charge in [0.1, 0.15) is 0 Å². The van der Waals surface area contributed by atoms with Crippen LogP contribution in [0.3, 0.4) is 0 Å². The second-order valence-electron chi connectivity index (χ2n) is 16.2. The van der Waals surface area contributed by atoms with E-state index >= 15 is 0 Å². The van der Waals surface area contributed by atoms with Crippen LogP contribution in [0.25, 0.3) is 49.4 Å². The van der Waals surface area contributed by atoms with E-state index in [1.54, 1.807) is 11.1 Å². The van der Waals surface area contributed by atoms with Gasteiger partial charge in [0.25, 0.3) is 0 Å². The predicted molar refractivity (Wildman–Crippen MR) is 216 cm³/mol. The molecule has 1 aromatic heterocycles. The molecule has 2 nitrogen and oxygen atoms in total. The maximum atomic E-state index is 2.55. The fourth-order valence-corrected chi connectivity index (χ4v) is 12.0. The summed E-state index contributed by atoms with van der Waals surface area (Å²) >= 11 is 0. The molecule has 0 unspecified atom stereocenters. The molecule has 4 fully saturated rings. The Morgan fingerprint density at radius 2 is 1.00 bits per heavy atom. The third-order valence-electron chi connectivity index (χ3n) is 13.7. The Morgan fingerprint density at radius 1 is 0.442 bits per heavy atom. The molecule has 5 aliphatic carbocycles. The maximum absolute atomic E-state index is 2.55. The highest BCUT2D eigenvalue weighted by molar-refractivity contribution is 6.09. The highest BCUT2D eigenvalue weighted by atomic mass is 15.1. The molecule has 1 spiro atoms. The minimum atomic E-state index is 0.176. The van der Waals surface area contributed by atoms with E-state index in [9.17, 15) is 0 Å². The molecular weight excluding hydrogens is 629 g/mol. The van der Waals surface area contributed by atoms with Gasteiger partial charge in [-0.25, -0.2) is 0 Å². The minimum Gasteiger partial charge on any atom is -0.310 e. The molecule has 8 aromatic rings. The summed E-state index contributed by atoms with van der Waals surface area (Å²) in [5.74, 6) is 3.42. The predicted octanol–water partition coefficient (Wildman–Crippen LogP) is 13.1. The third kappa shape index (κ3) is 3.90. The number of nitrogens with zero attached hydrogens (tertiary/aromatic N) is 2. The van der Waals surface area contributed by atoms with Crippen molar-refractivity contribution in [2.75, 3.05) is 4.90 Å². The van der Waals surface area contributed by atoms with Crippen molar-refractivity contribution in [3.05, 3.63) is 169 Å². The lowest BCUT2D eigenvalue weighted by molar-refractivity contribution is -0.0399. The molecule has 4 bridgehead atoms. The van der Waals surface area contributed by atoms with Gasteiger partial charge in [0, 0.05) is 38.9 Å². The third-order valence-corrected chi connectivity index (χ3v) is 13.7. The van der Waals surface area contributed by atoms with Gasteiger partial charge in [-0.3, -0.25) is 0 Å². The van der Waals surface area contributed by atoms with Crippen molar-refractivity contribution in [2.45, 2.75) is 37.5 Å². The van der Waals surface area contributed by atoms with Crippen LogP contribution in [0.5, 0.6) is 0 Å². The summed E-state index contributed by atoms with van der Waals surface area (Å²) in [4.78, 5) is 2.48. The van der Waals surface area contributed by atoms with Gasteiger partial charge in [0.05, 0.1) is 11.0 Å². The molecule has 5 aliphatic rings. The molecule has 0 N–H and O–H groups in total. The van der Waals surface area contributed by atoms with Crippen LogP contribution in [-0.2, 0) is 5.41 Å². The Morgan fingerprint density at radius 3 is 1.73 bits per heavy atom. The monoisotopic (exact) mass is 668 g/mol. The molecule has 250 valence electrons. The van der Waals surface area contributed by atoms with Crippen LogP contribution in [-0.4, -0.2) is 4.57 Å². The second kappa shape index (κ2) is 10.7. The maximum Gasteiger partial charge on any atom is 0.0541 e. The lowest BCUT2D eigenvalue weighted by atomic mass is 9.43. The Bertz CT molecular complexity index is 2630. The van der Waals surface area contributed by atoms with Crippen LogP contribution in [0.1, 0.15) is 43.2 Å². The molecule has 0 aliphatic heterocycles. The second-order valence-corrected chi connectivity index (χ2v) is 16.2. The van der Waals surface area contributed by atoms with Crippen LogP contribution in [0, 0.1) is 23.7 Å². The van der Waals surface area contributed by atoms with Crippen molar-refractivity contribution in [1.82, 2.24) is 4.57 Å². The molecule has 2 heteroatoms. The fourth-order valence-electron chi connectivity index (χ4n) is 12.0. The molecule has 0 amide bonds. The first-order valence-corrected chi connectivity index (χ1v) is 19.4. The summed E-state index contributed by atoms with van der Waals surface area (Å²) < 4.78 is 2.41. The highest BCUT2D eigenvalue weighted by Crippen LogP contribution is 2.69. The fraction of sp³-hybridized carbons (Fsp3) is 0.200. The van der Waals surface area contributed by atoms with Crippen molar-refractivity contribution in [2.24, 2.45) is 23.7 Å². The zero-order valence-electron chi connectivity index (χ0n) is 29.3. The molecule has 1 heterocycles. The van der Waals surface area contributed by atoms with Gasteiger partial charge in [-0.15, -0.1) is 0 Å². The number of fused-ring (bicyclic) bond motifs is 7. The van der Waals surface area contributed by atoms with Crippen LogP contribution >= 0.6 is 0 Å². The Labute approximate surface area is 305 Å². The van der Waals surface area contributed by atoms with E-state index in [1.165, 1.54) is 92.9 Å². The van der Waals surface area contributed by atoms with Gasteiger partial charge in [-0.05, 0) is 149 Å². The zero-order chi connectivity index (χ0) is 34.0. The van der Waals surface area contributed by atoms with E-state index in [2.05, 4.69) is 167 Å². The molecule has 13 rings (SSSR count). The average molecular weight is 669 g/mol. The number of hydrogen-bond acceptors (Lipinski definition) is 1. The van der Waals surface area contributed by atoms with Crippen molar-refractivity contribution in [3.63, 3.8) is 0 Å². The quantitative estimate of drug-likeness (QED) is 0.181. The molecule has 0 atom stereocenters. The van der Waals surface area contributed by atoms with E-state index in [-0.39, 0.29) is 5.41 Å². The Kier molecular flexibility index (Phi) is 5.98. The SMILES string of the molecule is c1ccc2c(c1)-c1cc(N(c3ccc(-n4c5ccccc5c5ccccc54)cc3)c3ccc4ccccc4c3)ccc1C21[C@H]2CC3C[C@H](C2)C[C@@H]1C3. The summed E-state index contributed by atoms with van der Waals surface area (Å²) in [5.41, 5.74) is 13.5. The van der Waals surface area contributed by atoms with E-state index < -0.39 is 0 Å². The van der Waals surface area contributed by atoms with Crippen molar-refractivity contribution in [3.8, 4) is 16.8 Å². The van der Waals surface area contributed by atoms with Crippen molar-refractivity contribution < 1.29 is 0 Å². The topological polar surface area (TPSA) is 8.17 Å². The molecule has 0 saturated heterocycles. The minimum absolute atomic E-state index is 0.176. The first kappa shape index (κ1) is 29.0. The van der Waals surface area contributed by atoms with Crippen molar-refractivity contribution >= 4 is 49.6 Å². The summed E-state index contributed by atoms with van der Waals surface area (Å²) in [6.07, 6.45) is 7.11. The lowest BCUT2D eigenvalue weighted by Gasteiger charge is -2.61. The van der Waals surface area contributed by atoms with Gasteiger partial charge in [-0.1, -0.05) is 97.1 Å². The first-order chi connectivity index (χ1) is 25.7. The number of para-hydroxylation sites is 2. The Balaban J connectivity index is 1.03. The molecule has 7 aromatic carbocycles. The van der Waals surface area contributed by atoms with Gasteiger partial charge in [-0.2, -0.15) is 0 Å². The van der Waals surface area contributed by atoms with E-state index in [4.69, 9.17) is 0 Å². The van der Waals surface area contributed by atoms with Crippen LogP contribution < -0.4 is 4.90 Å². The van der Waals surface area contributed by atoms with Gasteiger partial charge in [0.2, 0.25) is 0 Å². The van der Waals surface area contributed by atoms with E-state index in [1.807, 2.05) is 0 Å². The molecule has 0 radical (unpaired) electrons. The van der Waals surface area contributed by atoms with Crippen LogP contribution in [0.15, 0.2) is 158 Å². The van der Waals surface area contributed by atoms with Crippen LogP contribution in [0.4, 0.5) is 17.1 Å². The van der Waals surface area contributed by atoms with Gasteiger partial charge < -0.3 is 9.47 Å². The van der Waals surface area contributed by atoms with E-state index in [0.29, 0.717) is 0 Å². The summed E-state index contributed by atoms with van der Waals surface area (Å²) in [6.45, 7) is 0. The number of rotatable bonds is 4. The smallest absolute Gasteiger partial charge is 0.0541 e. The highest BCUT2D eigenvalue weighted by Gasteiger charge is 2.61. The summed E-state index contributed by atoms with van der Waals surface area (Å²) in [6, 6.07) is 59.4. The molecular formula is C50H40N2. The Hall–Kier alpha value is -5.60. The number of benzene rings is 7. The zero-order valence-corrected chi connectivity index (χ0v) is 29.3. The molecule has 52 heavy (non-hydrogen) atoms. The molecule has 4 saturated carbocycles. The summed E-state index contributed by atoms with van der Waals surface area (Å²) in [7, 11) is 0. The van der Waals surface area contributed by atoms with Gasteiger partial charge in [0.15, 0.2) is 0 Å². The first-order valence-electron chi connectivity index (χ1n) is 19.4. The number of hydrogen-bond donors (Lipinski definition) is 0. The van der Waals surface area contributed by atoms with Crippen LogP contribution in [0.2, 0.25) is 0 Å². The number of aromatic nitrogens is 1. The standard InChI is InChI=1S/C50H40N2/c1-2-10-35-30-40(18-17-34(35)9-1)51(38-19-21-39(22-20-38)52-48-15-7-4-12-43(48)44-13-5-8-16-49(44)52)41-23-24-47-45(31-41)42-11-3-6-14-46(42)50(47)36-26-32-25-33(28-36)29-37(50)27-32/h1-24,30-33,36-37H,25-29H2/t32-,33?,36-,37-,50?/m1/s1. The average Bonchev–Trinajstić information content (AvgIpc) is 3.68. The van der Waals surface area contributed by atoms with Crippen molar-refractivity contribution in [1.29, 1.82) is 0 Å². The lowest BCUT2D eigenvalue weighted by Crippen LogP contribution is -2.55. The number of anilines is 3. The van der Waals surface area contributed by atoms with E-state index in [0.717, 1.165) is 29.4 Å². The largest absolute Gasteiger partial charge is 0.310 e.